The van der Waals surface area contributed by atoms with E-state index in [0.29, 0.717) is 10.0 Å². The maximum absolute atomic E-state index is 13.8. The molecule has 0 aliphatic rings. The summed E-state index contributed by atoms with van der Waals surface area (Å²) < 4.78 is 27.7. The Balaban J connectivity index is 1.93. The normalized spacial score (nSPS) is 12.2. The number of pyridine rings is 1. The summed E-state index contributed by atoms with van der Waals surface area (Å²) in [7, 11) is 0. The van der Waals surface area contributed by atoms with Gasteiger partial charge in [0.25, 0.3) is 0 Å². The largest absolute Gasteiger partial charge is 0.382 e. The standard InChI is InChI=1S/C17H11ClF2N2OS/c1-9(16(23)15-10(18)4-3-7-21-15)17-22-13(8-24-17)14-11(19)5-2-6-12(14)20/h2-8,16,23H,1H2. The monoisotopic (exact) mass is 364 g/mol. The minimum absolute atomic E-state index is 0.145. The van der Waals surface area contributed by atoms with E-state index < -0.39 is 17.7 Å². The number of hydrogen-bond donors (Lipinski definition) is 1. The summed E-state index contributed by atoms with van der Waals surface area (Å²) in [5.41, 5.74) is 0.436. The van der Waals surface area contributed by atoms with Crippen molar-refractivity contribution in [3.05, 3.63) is 75.8 Å². The lowest BCUT2D eigenvalue weighted by Gasteiger charge is -2.12. The number of thiazole rings is 1. The van der Waals surface area contributed by atoms with Crippen LogP contribution in [0.15, 0.2) is 48.5 Å². The van der Waals surface area contributed by atoms with E-state index in [1.54, 1.807) is 12.1 Å². The average Bonchev–Trinajstić information content (AvgIpc) is 3.03. The molecule has 0 fully saturated rings. The Kier molecular flexibility index (Phi) is 4.71. The summed E-state index contributed by atoms with van der Waals surface area (Å²) in [4.78, 5) is 8.22. The second-order valence-electron chi connectivity index (χ2n) is 4.93. The molecule has 1 atom stereocenters. The molecule has 0 bridgehead atoms. The van der Waals surface area contributed by atoms with Crippen LogP contribution in [0, 0.1) is 11.6 Å². The van der Waals surface area contributed by atoms with Gasteiger partial charge in [-0.25, -0.2) is 13.8 Å². The van der Waals surface area contributed by atoms with E-state index in [1.165, 1.54) is 17.6 Å². The summed E-state index contributed by atoms with van der Waals surface area (Å²) >= 11 is 7.14. The topological polar surface area (TPSA) is 46.0 Å². The molecule has 1 unspecified atom stereocenters. The number of nitrogens with zero attached hydrogens (tertiary/aromatic N) is 2. The van der Waals surface area contributed by atoms with Crippen molar-refractivity contribution in [3.63, 3.8) is 0 Å². The fourth-order valence-corrected chi connectivity index (χ4v) is 3.19. The number of rotatable bonds is 4. The van der Waals surface area contributed by atoms with Gasteiger partial charge in [0.15, 0.2) is 0 Å². The van der Waals surface area contributed by atoms with Crippen LogP contribution in [0.25, 0.3) is 16.8 Å². The maximum atomic E-state index is 13.8. The second kappa shape index (κ2) is 6.76. The molecular weight excluding hydrogens is 354 g/mol. The average molecular weight is 365 g/mol. The van der Waals surface area contributed by atoms with Gasteiger partial charge in [-0.05, 0) is 24.3 Å². The molecule has 0 spiro atoms. The maximum Gasteiger partial charge on any atom is 0.135 e. The SMILES string of the molecule is C=C(c1nc(-c2c(F)cccc2F)cs1)C(O)c1ncccc1Cl. The summed E-state index contributed by atoms with van der Waals surface area (Å²) in [6.45, 7) is 3.81. The van der Waals surface area contributed by atoms with Gasteiger partial charge in [0.1, 0.15) is 22.7 Å². The molecule has 0 saturated carbocycles. The van der Waals surface area contributed by atoms with Crippen molar-refractivity contribution in [2.75, 3.05) is 0 Å². The second-order valence-corrected chi connectivity index (χ2v) is 6.20. The summed E-state index contributed by atoms with van der Waals surface area (Å²) in [6.07, 6.45) is 0.336. The zero-order valence-electron chi connectivity index (χ0n) is 12.2. The highest BCUT2D eigenvalue weighted by atomic mass is 35.5. The van der Waals surface area contributed by atoms with Crippen molar-refractivity contribution in [1.82, 2.24) is 9.97 Å². The molecule has 0 saturated heterocycles. The van der Waals surface area contributed by atoms with Gasteiger partial charge in [0.2, 0.25) is 0 Å². The van der Waals surface area contributed by atoms with Gasteiger partial charge in [-0.2, -0.15) is 0 Å². The predicted octanol–water partition coefficient (Wildman–Crippen LogP) is 4.88. The number of benzene rings is 1. The minimum Gasteiger partial charge on any atom is -0.382 e. The Bertz CT molecular complexity index is 893. The van der Waals surface area contributed by atoms with Crippen molar-refractivity contribution in [2.24, 2.45) is 0 Å². The third kappa shape index (κ3) is 3.08. The van der Waals surface area contributed by atoms with Gasteiger partial charge in [-0.15, -0.1) is 11.3 Å². The molecule has 1 N–H and O–H groups in total. The van der Waals surface area contributed by atoms with Crippen LogP contribution in [0.4, 0.5) is 8.78 Å². The zero-order chi connectivity index (χ0) is 17.3. The molecule has 0 radical (unpaired) electrons. The third-order valence-corrected chi connectivity index (χ3v) is 4.61. The van der Waals surface area contributed by atoms with E-state index >= 15 is 0 Å². The van der Waals surface area contributed by atoms with Gasteiger partial charge >= 0.3 is 0 Å². The van der Waals surface area contributed by atoms with Gasteiger partial charge in [0, 0.05) is 17.2 Å². The minimum atomic E-state index is -1.16. The first-order valence-electron chi connectivity index (χ1n) is 6.86. The number of aliphatic hydroxyl groups is 1. The first-order chi connectivity index (χ1) is 11.5. The van der Waals surface area contributed by atoms with Crippen LogP contribution in [0.2, 0.25) is 5.02 Å². The van der Waals surface area contributed by atoms with Crippen molar-refractivity contribution in [3.8, 4) is 11.3 Å². The van der Waals surface area contributed by atoms with E-state index in [-0.39, 0.29) is 22.5 Å². The molecular formula is C17H11ClF2N2OS. The summed E-state index contributed by atoms with van der Waals surface area (Å²) in [6, 6.07) is 6.85. The van der Waals surface area contributed by atoms with Crippen LogP contribution in [0.5, 0.6) is 0 Å². The van der Waals surface area contributed by atoms with E-state index in [0.717, 1.165) is 23.5 Å². The van der Waals surface area contributed by atoms with Crippen molar-refractivity contribution >= 4 is 28.5 Å². The lowest BCUT2D eigenvalue weighted by molar-refractivity contribution is 0.233. The molecule has 3 nitrogen and oxygen atoms in total. The number of aliphatic hydroxyl groups excluding tert-OH is 1. The highest BCUT2D eigenvalue weighted by molar-refractivity contribution is 7.11. The molecule has 0 amide bonds. The molecule has 3 aromatic rings. The Morgan fingerprint density at radius 1 is 1.21 bits per heavy atom. The first kappa shape index (κ1) is 16.7. The van der Waals surface area contributed by atoms with Gasteiger partial charge in [-0.1, -0.05) is 24.2 Å². The molecule has 24 heavy (non-hydrogen) atoms. The van der Waals surface area contributed by atoms with Crippen LogP contribution in [0.3, 0.4) is 0 Å². The van der Waals surface area contributed by atoms with Crippen LogP contribution in [0.1, 0.15) is 16.8 Å². The van der Waals surface area contributed by atoms with Crippen molar-refractivity contribution in [1.29, 1.82) is 0 Å². The molecule has 0 aliphatic carbocycles. The van der Waals surface area contributed by atoms with Crippen LogP contribution in [-0.4, -0.2) is 15.1 Å². The predicted molar refractivity (Wildman–Crippen MR) is 90.7 cm³/mol. The van der Waals surface area contributed by atoms with Crippen molar-refractivity contribution in [2.45, 2.75) is 6.10 Å². The zero-order valence-corrected chi connectivity index (χ0v) is 13.8. The Morgan fingerprint density at radius 3 is 2.58 bits per heavy atom. The molecule has 3 rings (SSSR count). The first-order valence-corrected chi connectivity index (χ1v) is 8.12. The summed E-state index contributed by atoms with van der Waals surface area (Å²) in [5.74, 6) is -1.41. The molecule has 122 valence electrons. The Labute approximate surface area is 145 Å². The molecule has 7 heteroatoms. The van der Waals surface area contributed by atoms with Crippen LogP contribution in [-0.2, 0) is 0 Å². The summed E-state index contributed by atoms with van der Waals surface area (Å²) in [5, 5.41) is 12.5. The van der Waals surface area contributed by atoms with E-state index in [4.69, 9.17) is 11.6 Å². The quantitative estimate of drug-likeness (QED) is 0.717. The Morgan fingerprint density at radius 2 is 1.92 bits per heavy atom. The van der Waals surface area contributed by atoms with E-state index in [9.17, 15) is 13.9 Å². The Hall–Kier alpha value is -2.15. The van der Waals surface area contributed by atoms with Gasteiger partial charge in [0.05, 0.1) is 22.0 Å². The lowest BCUT2D eigenvalue weighted by atomic mass is 10.1. The molecule has 1 aromatic carbocycles. The van der Waals surface area contributed by atoms with Gasteiger partial charge < -0.3 is 5.11 Å². The number of hydrogen-bond acceptors (Lipinski definition) is 4. The molecule has 0 aliphatic heterocycles. The highest BCUT2D eigenvalue weighted by Crippen LogP contribution is 2.35. The van der Waals surface area contributed by atoms with Crippen LogP contribution >= 0.6 is 22.9 Å². The molecule has 2 aromatic heterocycles. The lowest BCUT2D eigenvalue weighted by Crippen LogP contribution is -2.03. The van der Waals surface area contributed by atoms with E-state index in [2.05, 4.69) is 16.5 Å². The highest BCUT2D eigenvalue weighted by Gasteiger charge is 2.21. The molecule has 2 heterocycles. The number of aromatic nitrogens is 2. The smallest absolute Gasteiger partial charge is 0.135 e. The van der Waals surface area contributed by atoms with Crippen LogP contribution < -0.4 is 0 Å². The van der Waals surface area contributed by atoms with Crippen molar-refractivity contribution < 1.29 is 13.9 Å². The third-order valence-electron chi connectivity index (χ3n) is 3.37. The van der Waals surface area contributed by atoms with E-state index in [1.807, 2.05) is 0 Å². The fraction of sp³-hybridized carbons (Fsp3) is 0.0588. The fourth-order valence-electron chi connectivity index (χ4n) is 2.16. The number of halogens is 3. The van der Waals surface area contributed by atoms with Gasteiger partial charge in [-0.3, -0.25) is 4.98 Å².